The van der Waals surface area contributed by atoms with Crippen molar-refractivity contribution < 1.29 is 4.74 Å². The Balaban J connectivity index is 1.94. The number of thiocarbonyl (C=S) groups is 1. The maximum atomic E-state index is 6.11. The van der Waals surface area contributed by atoms with Crippen molar-refractivity contribution in [3.63, 3.8) is 0 Å². The van der Waals surface area contributed by atoms with E-state index in [1.165, 1.54) is 0 Å². The quantitative estimate of drug-likeness (QED) is 0.770. The van der Waals surface area contributed by atoms with Crippen LogP contribution in [-0.4, -0.2) is 11.7 Å². The van der Waals surface area contributed by atoms with Crippen molar-refractivity contribution in [3.8, 4) is 5.75 Å². The first-order chi connectivity index (χ1) is 10.6. The fourth-order valence-electron chi connectivity index (χ4n) is 2.02. The van der Waals surface area contributed by atoms with Crippen LogP contribution in [0.2, 0.25) is 5.02 Å². The molecule has 3 nitrogen and oxygen atoms in total. The highest BCUT2D eigenvalue weighted by atomic mass is 35.5. The minimum Gasteiger partial charge on any atom is -0.494 e. The smallest absolute Gasteiger partial charge is 0.171 e. The lowest BCUT2D eigenvalue weighted by Crippen LogP contribution is -2.30. The number of benzene rings is 2. The molecule has 0 radical (unpaired) electrons. The van der Waals surface area contributed by atoms with E-state index in [2.05, 4.69) is 17.6 Å². The third kappa shape index (κ3) is 4.61. The number of ether oxygens (including phenoxy) is 1. The van der Waals surface area contributed by atoms with Gasteiger partial charge in [0.2, 0.25) is 0 Å². The second kappa shape index (κ2) is 8.01. The van der Waals surface area contributed by atoms with Gasteiger partial charge in [-0.2, -0.15) is 0 Å². The van der Waals surface area contributed by atoms with E-state index in [4.69, 9.17) is 28.6 Å². The molecule has 0 bridgehead atoms. The number of halogens is 1. The van der Waals surface area contributed by atoms with Crippen LogP contribution in [0.4, 0.5) is 5.69 Å². The number of rotatable bonds is 5. The molecule has 2 aromatic rings. The fraction of sp³-hybridized carbons (Fsp3) is 0.235. The summed E-state index contributed by atoms with van der Waals surface area (Å²) in [5.74, 6) is 0.871. The Kier molecular flexibility index (Phi) is 6.04. The van der Waals surface area contributed by atoms with Gasteiger partial charge in [-0.3, -0.25) is 0 Å². The lowest BCUT2D eigenvalue weighted by molar-refractivity contribution is 0.340. The summed E-state index contributed by atoms with van der Waals surface area (Å²) in [5.41, 5.74) is 1.92. The van der Waals surface area contributed by atoms with Gasteiger partial charge in [0.05, 0.1) is 23.4 Å². The molecule has 0 aliphatic carbocycles. The summed E-state index contributed by atoms with van der Waals surface area (Å²) in [6.07, 6.45) is 0. The Morgan fingerprint density at radius 2 is 1.86 bits per heavy atom. The van der Waals surface area contributed by atoms with E-state index in [0.717, 1.165) is 17.0 Å². The van der Waals surface area contributed by atoms with Gasteiger partial charge in [0.25, 0.3) is 0 Å². The van der Waals surface area contributed by atoms with Crippen molar-refractivity contribution >= 4 is 34.6 Å². The van der Waals surface area contributed by atoms with E-state index < -0.39 is 0 Å². The van der Waals surface area contributed by atoms with Gasteiger partial charge in [-0.25, -0.2) is 0 Å². The summed E-state index contributed by atoms with van der Waals surface area (Å²) < 4.78 is 5.44. The van der Waals surface area contributed by atoms with Crippen LogP contribution in [-0.2, 0) is 0 Å². The van der Waals surface area contributed by atoms with Gasteiger partial charge >= 0.3 is 0 Å². The zero-order chi connectivity index (χ0) is 15.9. The normalized spacial score (nSPS) is 11.6. The molecule has 0 aliphatic rings. The molecule has 0 spiro atoms. The zero-order valence-corrected chi connectivity index (χ0v) is 14.2. The van der Waals surface area contributed by atoms with Gasteiger partial charge < -0.3 is 15.4 Å². The highest BCUT2D eigenvalue weighted by Crippen LogP contribution is 2.21. The lowest BCUT2D eigenvalue weighted by atomic mass is 10.1. The van der Waals surface area contributed by atoms with Gasteiger partial charge in [-0.05, 0) is 55.9 Å². The van der Waals surface area contributed by atoms with Crippen molar-refractivity contribution in [2.75, 3.05) is 11.9 Å². The third-order valence-corrected chi connectivity index (χ3v) is 3.71. The van der Waals surface area contributed by atoms with Crippen molar-refractivity contribution in [2.45, 2.75) is 19.9 Å². The summed E-state index contributed by atoms with van der Waals surface area (Å²) in [6, 6.07) is 15.6. The van der Waals surface area contributed by atoms with E-state index in [-0.39, 0.29) is 6.04 Å². The molecule has 0 aromatic heterocycles. The van der Waals surface area contributed by atoms with Crippen molar-refractivity contribution in [2.24, 2.45) is 0 Å². The molecular weight excluding hydrogens is 316 g/mol. The van der Waals surface area contributed by atoms with E-state index >= 15 is 0 Å². The monoisotopic (exact) mass is 334 g/mol. The van der Waals surface area contributed by atoms with Gasteiger partial charge in [-0.1, -0.05) is 35.9 Å². The van der Waals surface area contributed by atoms with Crippen molar-refractivity contribution in [3.05, 3.63) is 59.1 Å². The molecular formula is C17H19ClN2OS. The maximum Gasteiger partial charge on any atom is 0.171 e. The first-order valence-corrected chi connectivity index (χ1v) is 7.93. The number of hydrogen-bond donors (Lipinski definition) is 2. The molecule has 5 heteroatoms. The van der Waals surface area contributed by atoms with Crippen LogP contribution in [0.25, 0.3) is 0 Å². The molecule has 0 saturated heterocycles. The minimum atomic E-state index is 0.0816. The first-order valence-electron chi connectivity index (χ1n) is 7.15. The summed E-state index contributed by atoms with van der Waals surface area (Å²) in [5, 5.41) is 7.53. The topological polar surface area (TPSA) is 33.3 Å². The summed E-state index contributed by atoms with van der Waals surface area (Å²) >= 11 is 11.4. The average molecular weight is 335 g/mol. The molecule has 0 amide bonds. The number of anilines is 1. The number of nitrogens with one attached hydrogen (secondary N) is 2. The Morgan fingerprint density at radius 3 is 2.50 bits per heavy atom. The van der Waals surface area contributed by atoms with Crippen LogP contribution < -0.4 is 15.4 Å². The summed E-state index contributed by atoms with van der Waals surface area (Å²) in [7, 11) is 0. The third-order valence-electron chi connectivity index (χ3n) is 3.16. The molecule has 0 aliphatic heterocycles. The standard InChI is InChI=1S/C17H19ClN2OS/c1-3-21-14-10-8-13(9-11-14)12(2)19-17(22)20-16-7-5-4-6-15(16)18/h4-12H,3H2,1-2H3,(H2,19,20,22). The van der Waals surface area contributed by atoms with Gasteiger partial charge in [0.15, 0.2) is 5.11 Å². The molecule has 0 saturated carbocycles. The number of hydrogen-bond acceptors (Lipinski definition) is 2. The molecule has 2 rings (SSSR count). The SMILES string of the molecule is CCOc1ccc(C(C)NC(=S)Nc2ccccc2Cl)cc1. The molecule has 0 fully saturated rings. The van der Waals surface area contributed by atoms with E-state index in [9.17, 15) is 0 Å². The predicted octanol–water partition coefficient (Wildman–Crippen LogP) is 4.79. The first kappa shape index (κ1) is 16.6. The second-order valence-electron chi connectivity index (χ2n) is 4.80. The van der Waals surface area contributed by atoms with Crippen LogP contribution in [0, 0.1) is 0 Å². The average Bonchev–Trinajstić information content (AvgIpc) is 2.50. The lowest BCUT2D eigenvalue weighted by Gasteiger charge is -2.18. The molecule has 0 heterocycles. The van der Waals surface area contributed by atoms with Crippen LogP contribution >= 0.6 is 23.8 Å². The summed E-state index contributed by atoms with van der Waals surface area (Å²) in [6.45, 7) is 4.69. The largest absolute Gasteiger partial charge is 0.494 e. The summed E-state index contributed by atoms with van der Waals surface area (Å²) in [4.78, 5) is 0. The number of para-hydroxylation sites is 1. The predicted molar refractivity (Wildman–Crippen MR) is 96.8 cm³/mol. The Hall–Kier alpha value is -1.78. The highest BCUT2D eigenvalue weighted by Gasteiger charge is 2.08. The fourth-order valence-corrected chi connectivity index (χ4v) is 2.49. The Morgan fingerprint density at radius 1 is 1.18 bits per heavy atom. The van der Waals surface area contributed by atoms with E-state index in [1.807, 2.05) is 55.5 Å². The Labute approximate surface area is 141 Å². The highest BCUT2D eigenvalue weighted by molar-refractivity contribution is 7.80. The van der Waals surface area contributed by atoms with Gasteiger partial charge in [0.1, 0.15) is 5.75 Å². The van der Waals surface area contributed by atoms with Crippen LogP contribution in [0.5, 0.6) is 5.75 Å². The Bertz CT molecular complexity index is 631. The van der Waals surface area contributed by atoms with Crippen LogP contribution in [0.15, 0.2) is 48.5 Å². The van der Waals surface area contributed by atoms with Gasteiger partial charge in [0, 0.05) is 0 Å². The van der Waals surface area contributed by atoms with Crippen LogP contribution in [0.3, 0.4) is 0 Å². The van der Waals surface area contributed by atoms with Crippen molar-refractivity contribution in [1.82, 2.24) is 5.32 Å². The maximum absolute atomic E-state index is 6.11. The van der Waals surface area contributed by atoms with E-state index in [0.29, 0.717) is 16.7 Å². The zero-order valence-electron chi connectivity index (χ0n) is 12.6. The molecule has 116 valence electrons. The van der Waals surface area contributed by atoms with Crippen LogP contribution in [0.1, 0.15) is 25.5 Å². The second-order valence-corrected chi connectivity index (χ2v) is 5.62. The minimum absolute atomic E-state index is 0.0816. The van der Waals surface area contributed by atoms with Crippen molar-refractivity contribution in [1.29, 1.82) is 0 Å². The molecule has 1 atom stereocenters. The molecule has 22 heavy (non-hydrogen) atoms. The van der Waals surface area contributed by atoms with Gasteiger partial charge in [-0.15, -0.1) is 0 Å². The van der Waals surface area contributed by atoms with E-state index in [1.54, 1.807) is 0 Å². The molecule has 2 N–H and O–H groups in total. The molecule has 1 unspecified atom stereocenters. The molecule has 2 aromatic carbocycles.